The fourth-order valence-electron chi connectivity index (χ4n) is 2.58. The lowest BCUT2D eigenvalue weighted by Crippen LogP contribution is -2.32. The second kappa shape index (κ2) is 8.13. The molecule has 0 saturated carbocycles. The molecule has 144 valence electrons. The van der Waals surface area contributed by atoms with E-state index in [1.54, 1.807) is 6.07 Å². The van der Waals surface area contributed by atoms with E-state index in [-0.39, 0.29) is 18.1 Å². The minimum absolute atomic E-state index is 0.0890. The molecule has 0 atom stereocenters. The van der Waals surface area contributed by atoms with Crippen molar-refractivity contribution in [3.63, 3.8) is 0 Å². The van der Waals surface area contributed by atoms with Gasteiger partial charge in [0.15, 0.2) is 5.75 Å². The highest BCUT2D eigenvalue weighted by Crippen LogP contribution is 2.34. The second-order valence-electron chi connectivity index (χ2n) is 6.00. The first-order valence-corrected chi connectivity index (χ1v) is 9.09. The summed E-state index contributed by atoms with van der Waals surface area (Å²) in [7, 11) is 0. The Kier molecular flexibility index (Phi) is 5.65. The molecule has 2 amide bonds. The zero-order valence-electron chi connectivity index (χ0n) is 14.8. The van der Waals surface area contributed by atoms with Crippen molar-refractivity contribution in [1.82, 2.24) is 4.90 Å². The Bertz CT molecular complexity index is 988. The molecule has 0 aromatic heterocycles. The smallest absolute Gasteiger partial charge is 0.311 e. The third-order valence-electron chi connectivity index (χ3n) is 3.94. The van der Waals surface area contributed by atoms with Gasteiger partial charge < -0.3 is 9.84 Å². The number of nitrogens with zero attached hydrogens (tertiary/aromatic N) is 2. The quantitative estimate of drug-likeness (QED) is 0.447. The molecular formula is C19H16N2O6S. The number of rotatable bonds is 6. The summed E-state index contributed by atoms with van der Waals surface area (Å²) in [6.45, 7) is 2.17. The number of ether oxygens (including phenoxy) is 1. The summed E-state index contributed by atoms with van der Waals surface area (Å²) in [6.07, 6.45) is 1.39. The van der Waals surface area contributed by atoms with E-state index >= 15 is 0 Å². The molecule has 0 unspecified atom stereocenters. The van der Waals surface area contributed by atoms with Gasteiger partial charge in [0.25, 0.3) is 11.1 Å². The van der Waals surface area contributed by atoms with Crippen molar-refractivity contribution < 1.29 is 24.4 Å². The summed E-state index contributed by atoms with van der Waals surface area (Å²) in [5, 5.41) is 20.0. The van der Waals surface area contributed by atoms with Gasteiger partial charge >= 0.3 is 5.69 Å². The number of carbonyl (C=O) groups excluding carboxylic acids is 2. The Labute approximate surface area is 164 Å². The monoisotopic (exact) mass is 400 g/mol. The molecule has 28 heavy (non-hydrogen) atoms. The molecule has 1 saturated heterocycles. The second-order valence-corrected chi connectivity index (χ2v) is 7.00. The first-order chi connectivity index (χ1) is 13.3. The molecule has 1 N–H and O–H groups in total. The van der Waals surface area contributed by atoms with E-state index < -0.39 is 27.5 Å². The predicted molar refractivity (Wildman–Crippen MR) is 104 cm³/mol. The van der Waals surface area contributed by atoms with Gasteiger partial charge in [0.1, 0.15) is 12.4 Å². The maximum atomic E-state index is 12.5. The van der Waals surface area contributed by atoms with Crippen LogP contribution in [-0.2, 0) is 4.79 Å². The molecule has 0 spiro atoms. The molecule has 1 heterocycles. The molecule has 0 aliphatic carbocycles. The maximum Gasteiger partial charge on any atom is 0.311 e. The molecule has 1 aliphatic heterocycles. The summed E-state index contributed by atoms with van der Waals surface area (Å²) in [5.74, 6) is -0.305. The first-order valence-electron chi connectivity index (χ1n) is 8.27. The Morgan fingerprint density at radius 2 is 2.04 bits per heavy atom. The van der Waals surface area contributed by atoms with Gasteiger partial charge in [-0.25, -0.2) is 0 Å². The van der Waals surface area contributed by atoms with Crippen molar-refractivity contribution in [2.45, 2.75) is 6.92 Å². The number of aryl methyl sites for hydroxylation is 1. The summed E-state index contributed by atoms with van der Waals surface area (Å²) < 4.78 is 5.58. The van der Waals surface area contributed by atoms with Crippen LogP contribution in [0.1, 0.15) is 11.1 Å². The third-order valence-corrected chi connectivity index (χ3v) is 4.85. The van der Waals surface area contributed by atoms with Crippen LogP contribution < -0.4 is 4.74 Å². The van der Waals surface area contributed by atoms with Gasteiger partial charge in [-0.15, -0.1) is 0 Å². The van der Waals surface area contributed by atoms with Crippen molar-refractivity contribution in [3.8, 4) is 11.5 Å². The minimum atomic E-state index is -0.721. The van der Waals surface area contributed by atoms with Gasteiger partial charge in [-0.3, -0.25) is 24.6 Å². The van der Waals surface area contributed by atoms with Crippen molar-refractivity contribution in [3.05, 3.63) is 68.6 Å². The largest absolute Gasteiger partial charge is 0.502 e. The number of hydrogen-bond acceptors (Lipinski definition) is 7. The van der Waals surface area contributed by atoms with Crippen molar-refractivity contribution in [1.29, 1.82) is 0 Å². The van der Waals surface area contributed by atoms with Gasteiger partial charge in [0.05, 0.1) is 16.4 Å². The van der Waals surface area contributed by atoms with Crippen LogP contribution in [0.5, 0.6) is 11.5 Å². The highest BCUT2D eigenvalue weighted by Gasteiger charge is 2.34. The van der Waals surface area contributed by atoms with Gasteiger partial charge in [-0.1, -0.05) is 18.2 Å². The summed E-state index contributed by atoms with van der Waals surface area (Å²) in [6, 6.07) is 11.2. The van der Waals surface area contributed by atoms with Gasteiger partial charge in [0, 0.05) is 6.07 Å². The Balaban J connectivity index is 1.68. The number of nitro benzene ring substituents is 1. The van der Waals surface area contributed by atoms with E-state index in [0.717, 1.165) is 28.3 Å². The number of hydrogen-bond donors (Lipinski definition) is 1. The van der Waals surface area contributed by atoms with Crippen molar-refractivity contribution >= 4 is 34.7 Å². The Hall–Kier alpha value is -3.33. The average molecular weight is 400 g/mol. The molecule has 0 bridgehead atoms. The molecular weight excluding hydrogens is 384 g/mol. The summed E-state index contributed by atoms with van der Waals surface area (Å²) >= 11 is 0.754. The van der Waals surface area contributed by atoms with Crippen molar-refractivity contribution in [2.24, 2.45) is 0 Å². The number of imide groups is 1. The van der Waals surface area contributed by atoms with Gasteiger partial charge in [-0.2, -0.15) is 0 Å². The molecule has 2 aromatic carbocycles. The molecule has 1 fully saturated rings. The highest BCUT2D eigenvalue weighted by atomic mass is 32.2. The number of nitro groups is 1. The Morgan fingerprint density at radius 1 is 1.25 bits per heavy atom. The minimum Gasteiger partial charge on any atom is -0.502 e. The molecule has 8 nitrogen and oxygen atoms in total. The van der Waals surface area contributed by atoms with Crippen LogP contribution in [0.2, 0.25) is 0 Å². The highest BCUT2D eigenvalue weighted by molar-refractivity contribution is 8.18. The topological polar surface area (TPSA) is 110 Å². The van der Waals surface area contributed by atoms with Crippen LogP contribution >= 0.6 is 11.8 Å². The SMILES string of the molecule is Cc1cccc(OCCN2C(=O)S/C(=C\c3ccc(O)c([N+](=O)[O-])c3)C2=O)c1. The number of phenolic OH excluding ortho intramolecular Hbond substituents is 1. The molecule has 1 aliphatic rings. The van der Waals surface area contributed by atoms with E-state index in [2.05, 4.69) is 0 Å². The standard InChI is InChI=1S/C19H16N2O6S/c1-12-3-2-4-14(9-12)27-8-7-20-18(23)17(28-19(20)24)11-13-5-6-16(22)15(10-13)21(25)26/h2-6,9-11,22H,7-8H2,1H3/b17-11-. The summed E-state index contributed by atoms with van der Waals surface area (Å²) in [4.78, 5) is 36.0. The Morgan fingerprint density at radius 3 is 2.75 bits per heavy atom. The van der Waals surface area contributed by atoms with Crippen LogP contribution in [0, 0.1) is 17.0 Å². The van der Waals surface area contributed by atoms with E-state index in [4.69, 9.17) is 4.74 Å². The van der Waals surface area contributed by atoms with Crippen LogP contribution in [0.25, 0.3) is 6.08 Å². The number of phenols is 1. The fourth-order valence-corrected chi connectivity index (χ4v) is 3.45. The van der Waals surface area contributed by atoms with Crippen LogP contribution in [-0.4, -0.2) is 39.2 Å². The first kappa shape index (κ1) is 19.4. The molecule has 3 rings (SSSR count). The zero-order chi connectivity index (χ0) is 20.3. The normalized spacial score (nSPS) is 15.3. The zero-order valence-corrected chi connectivity index (χ0v) is 15.6. The van der Waals surface area contributed by atoms with Gasteiger partial charge in [-0.05, 0) is 54.1 Å². The van der Waals surface area contributed by atoms with Crippen LogP contribution in [0.4, 0.5) is 10.5 Å². The number of thioether (sulfide) groups is 1. The molecule has 2 aromatic rings. The van der Waals surface area contributed by atoms with Crippen molar-refractivity contribution in [2.75, 3.05) is 13.2 Å². The number of amides is 2. The third kappa shape index (κ3) is 4.32. The number of aromatic hydroxyl groups is 1. The average Bonchev–Trinajstić information content (AvgIpc) is 2.90. The van der Waals surface area contributed by atoms with Crippen LogP contribution in [0.3, 0.4) is 0 Å². The van der Waals surface area contributed by atoms with E-state index in [0.29, 0.717) is 11.3 Å². The maximum absolute atomic E-state index is 12.5. The van der Waals surface area contributed by atoms with Gasteiger partial charge in [0.2, 0.25) is 0 Å². The fraction of sp³-hybridized carbons (Fsp3) is 0.158. The predicted octanol–water partition coefficient (Wildman–Crippen LogP) is 3.72. The van der Waals surface area contributed by atoms with E-state index in [1.807, 2.05) is 25.1 Å². The lowest BCUT2D eigenvalue weighted by Gasteiger charge is -2.13. The molecule has 0 radical (unpaired) electrons. The lowest BCUT2D eigenvalue weighted by atomic mass is 10.1. The lowest BCUT2D eigenvalue weighted by molar-refractivity contribution is -0.385. The van der Waals surface area contributed by atoms with E-state index in [1.165, 1.54) is 18.2 Å². The van der Waals surface area contributed by atoms with Crippen LogP contribution in [0.15, 0.2) is 47.4 Å². The number of benzene rings is 2. The molecule has 9 heteroatoms. The van der Waals surface area contributed by atoms with E-state index in [9.17, 15) is 24.8 Å². The summed E-state index contributed by atoms with van der Waals surface area (Å²) in [5.41, 5.74) is 0.903. The number of carbonyl (C=O) groups is 2.